The van der Waals surface area contributed by atoms with Gasteiger partial charge in [-0.2, -0.15) is 0 Å². The smallest absolute Gasteiger partial charge is 0.241 e. The summed E-state index contributed by atoms with van der Waals surface area (Å²) in [6.45, 7) is 3.81. The van der Waals surface area contributed by atoms with Crippen LogP contribution in [0.4, 0.5) is 5.69 Å². The number of halogens is 1. The van der Waals surface area contributed by atoms with Crippen LogP contribution < -0.4 is 11.1 Å². The lowest BCUT2D eigenvalue weighted by molar-refractivity contribution is -0.118. The average molecular weight is 278 g/mol. The largest absolute Gasteiger partial charge is 0.323 e. The molecule has 0 radical (unpaired) electrons. The molecule has 0 bridgehead atoms. The molecule has 1 aromatic carbocycles. The molecule has 1 amide bonds. The second-order valence-electron chi connectivity index (χ2n) is 4.75. The van der Waals surface area contributed by atoms with E-state index in [9.17, 15) is 4.79 Å². The van der Waals surface area contributed by atoms with Crippen LogP contribution in [0.3, 0.4) is 0 Å². The van der Waals surface area contributed by atoms with E-state index >= 15 is 0 Å². The minimum Gasteiger partial charge on any atom is -0.323 e. The first-order chi connectivity index (χ1) is 9.00. The molecule has 1 atom stereocenters. The molecule has 0 saturated heterocycles. The second-order valence-corrected chi connectivity index (χ2v) is 5.16. The van der Waals surface area contributed by atoms with Gasteiger partial charge in [0.2, 0.25) is 5.91 Å². The number of anilines is 1. The molecule has 0 saturated carbocycles. The summed E-state index contributed by atoms with van der Waals surface area (Å²) in [6.07, 6.45) is 1.66. The molecule has 5 heteroatoms. The topological polar surface area (TPSA) is 68.0 Å². The summed E-state index contributed by atoms with van der Waals surface area (Å²) in [7, 11) is 0. The number of carbonyl (C=O) groups is 1. The Morgan fingerprint density at radius 3 is 2.79 bits per heavy atom. The van der Waals surface area contributed by atoms with E-state index in [4.69, 9.17) is 17.3 Å². The highest BCUT2D eigenvalue weighted by Gasteiger charge is 2.18. The lowest BCUT2D eigenvalue weighted by Crippen LogP contribution is -2.39. The van der Waals surface area contributed by atoms with Crippen LogP contribution >= 0.6 is 11.6 Å². The quantitative estimate of drug-likeness (QED) is 0.906. The van der Waals surface area contributed by atoms with Crippen LogP contribution in [0.5, 0.6) is 0 Å². The third-order valence-electron chi connectivity index (χ3n) is 3.00. The van der Waals surface area contributed by atoms with E-state index in [1.165, 1.54) is 0 Å². The van der Waals surface area contributed by atoms with Gasteiger partial charge in [0.25, 0.3) is 0 Å². The molecule has 1 heterocycles. The van der Waals surface area contributed by atoms with Gasteiger partial charge in [-0.1, -0.05) is 25.4 Å². The van der Waals surface area contributed by atoms with Crippen molar-refractivity contribution in [2.45, 2.75) is 19.9 Å². The Hall–Kier alpha value is -1.65. The number of hydrogen-bond donors (Lipinski definition) is 2. The van der Waals surface area contributed by atoms with Crippen molar-refractivity contribution in [1.82, 2.24) is 4.98 Å². The minimum absolute atomic E-state index is 0.0755. The Kier molecular flexibility index (Phi) is 4.02. The molecule has 0 aliphatic heterocycles. The predicted octanol–water partition coefficient (Wildman–Crippen LogP) is 2.81. The highest BCUT2D eigenvalue weighted by atomic mass is 35.5. The Bertz CT molecular complexity index is 613. The van der Waals surface area contributed by atoms with Gasteiger partial charge in [0.15, 0.2) is 0 Å². The molecule has 19 heavy (non-hydrogen) atoms. The molecule has 100 valence electrons. The number of nitrogens with zero attached hydrogens (tertiary/aromatic N) is 1. The SMILES string of the molecule is CC(C)[C@H](N)C(=O)Nc1ccc(Cl)c2cccnc12. The minimum atomic E-state index is -0.547. The van der Waals surface area contributed by atoms with Gasteiger partial charge >= 0.3 is 0 Å². The van der Waals surface area contributed by atoms with Crippen molar-refractivity contribution in [3.63, 3.8) is 0 Å². The van der Waals surface area contributed by atoms with Crippen molar-refractivity contribution in [3.8, 4) is 0 Å². The zero-order valence-electron chi connectivity index (χ0n) is 10.9. The van der Waals surface area contributed by atoms with Crippen molar-refractivity contribution >= 4 is 34.1 Å². The first-order valence-corrected chi connectivity index (χ1v) is 6.48. The molecule has 3 N–H and O–H groups in total. The fourth-order valence-electron chi connectivity index (χ4n) is 1.76. The molecule has 2 rings (SSSR count). The number of rotatable bonds is 3. The first kappa shape index (κ1) is 13.8. The van der Waals surface area contributed by atoms with Gasteiger partial charge in [-0.05, 0) is 30.2 Å². The van der Waals surface area contributed by atoms with E-state index in [1.54, 1.807) is 24.4 Å². The number of aromatic nitrogens is 1. The van der Waals surface area contributed by atoms with Crippen LogP contribution in [0.25, 0.3) is 10.9 Å². The van der Waals surface area contributed by atoms with Crippen molar-refractivity contribution < 1.29 is 4.79 Å². The van der Waals surface area contributed by atoms with E-state index in [0.29, 0.717) is 16.2 Å². The monoisotopic (exact) mass is 277 g/mol. The molecule has 0 aliphatic carbocycles. The molecular formula is C14H16ClN3O. The standard InChI is InChI=1S/C14H16ClN3O/c1-8(2)12(16)14(19)18-11-6-5-10(15)9-4-3-7-17-13(9)11/h3-8,12H,16H2,1-2H3,(H,18,19)/t12-/m0/s1. The van der Waals surface area contributed by atoms with Crippen LogP contribution in [0.1, 0.15) is 13.8 Å². The molecule has 1 aromatic heterocycles. The van der Waals surface area contributed by atoms with E-state index in [-0.39, 0.29) is 11.8 Å². The summed E-state index contributed by atoms with van der Waals surface area (Å²) in [4.78, 5) is 16.2. The molecule has 0 fully saturated rings. The number of carbonyl (C=O) groups excluding carboxylic acids is 1. The number of fused-ring (bicyclic) bond motifs is 1. The van der Waals surface area contributed by atoms with Crippen LogP contribution in [0.15, 0.2) is 30.5 Å². The highest BCUT2D eigenvalue weighted by Crippen LogP contribution is 2.28. The Morgan fingerprint density at radius 1 is 1.37 bits per heavy atom. The Morgan fingerprint density at radius 2 is 2.11 bits per heavy atom. The lowest BCUT2D eigenvalue weighted by atomic mass is 10.0. The third kappa shape index (κ3) is 2.85. The highest BCUT2D eigenvalue weighted by molar-refractivity contribution is 6.35. The summed E-state index contributed by atoms with van der Waals surface area (Å²) >= 11 is 6.10. The van der Waals surface area contributed by atoms with Gasteiger partial charge in [-0.25, -0.2) is 0 Å². The molecular weight excluding hydrogens is 262 g/mol. The molecule has 4 nitrogen and oxygen atoms in total. The van der Waals surface area contributed by atoms with Gasteiger partial charge in [0, 0.05) is 11.6 Å². The summed E-state index contributed by atoms with van der Waals surface area (Å²) in [5.41, 5.74) is 7.12. The van der Waals surface area contributed by atoms with Crippen LogP contribution in [-0.4, -0.2) is 16.9 Å². The van der Waals surface area contributed by atoms with Gasteiger partial charge in [0.05, 0.1) is 22.3 Å². The number of nitrogens with one attached hydrogen (secondary N) is 1. The summed E-state index contributed by atoms with van der Waals surface area (Å²) in [5, 5.41) is 4.22. The first-order valence-electron chi connectivity index (χ1n) is 6.10. The second kappa shape index (κ2) is 5.55. The maximum atomic E-state index is 12.0. The number of hydrogen-bond acceptors (Lipinski definition) is 3. The van der Waals surface area contributed by atoms with Gasteiger partial charge < -0.3 is 11.1 Å². The van der Waals surface area contributed by atoms with E-state index in [0.717, 1.165) is 5.39 Å². The Balaban J connectivity index is 2.36. The van der Waals surface area contributed by atoms with E-state index in [2.05, 4.69) is 10.3 Å². The van der Waals surface area contributed by atoms with Crippen molar-refractivity contribution in [2.75, 3.05) is 5.32 Å². The van der Waals surface area contributed by atoms with Crippen molar-refractivity contribution in [1.29, 1.82) is 0 Å². The fraction of sp³-hybridized carbons (Fsp3) is 0.286. The Labute approximate surface area is 117 Å². The molecule has 0 unspecified atom stereocenters. The van der Waals surface area contributed by atoms with Gasteiger partial charge in [-0.3, -0.25) is 9.78 Å². The molecule has 2 aromatic rings. The maximum absolute atomic E-state index is 12.0. The fourth-order valence-corrected chi connectivity index (χ4v) is 1.97. The van der Waals surface area contributed by atoms with Gasteiger partial charge in [-0.15, -0.1) is 0 Å². The van der Waals surface area contributed by atoms with Crippen LogP contribution in [-0.2, 0) is 4.79 Å². The zero-order valence-corrected chi connectivity index (χ0v) is 11.6. The number of nitrogens with two attached hydrogens (primary N) is 1. The molecule has 0 aliphatic rings. The number of pyridine rings is 1. The predicted molar refractivity (Wildman–Crippen MR) is 78.2 cm³/mol. The van der Waals surface area contributed by atoms with Crippen molar-refractivity contribution in [2.24, 2.45) is 11.7 Å². The summed E-state index contributed by atoms with van der Waals surface area (Å²) in [5.74, 6) is -0.143. The van der Waals surface area contributed by atoms with Crippen LogP contribution in [0, 0.1) is 5.92 Å². The summed E-state index contributed by atoms with van der Waals surface area (Å²) < 4.78 is 0. The lowest BCUT2D eigenvalue weighted by Gasteiger charge is -2.16. The maximum Gasteiger partial charge on any atom is 0.241 e. The number of amides is 1. The zero-order chi connectivity index (χ0) is 14.0. The van der Waals surface area contributed by atoms with E-state index in [1.807, 2.05) is 19.9 Å². The van der Waals surface area contributed by atoms with E-state index < -0.39 is 6.04 Å². The average Bonchev–Trinajstić information content (AvgIpc) is 2.41. The van der Waals surface area contributed by atoms with Crippen LogP contribution in [0.2, 0.25) is 5.02 Å². The van der Waals surface area contributed by atoms with Crippen molar-refractivity contribution in [3.05, 3.63) is 35.5 Å². The molecule has 0 spiro atoms. The normalized spacial score (nSPS) is 12.7. The number of benzene rings is 1. The summed E-state index contributed by atoms with van der Waals surface area (Å²) in [6, 6.07) is 6.60. The van der Waals surface area contributed by atoms with Gasteiger partial charge in [0.1, 0.15) is 0 Å². The third-order valence-corrected chi connectivity index (χ3v) is 3.32.